The van der Waals surface area contributed by atoms with Crippen LogP contribution in [0.15, 0.2) is 30.6 Å². The second kappa shape index (κ2) is 4.25. The molecule has 1 heterocycles. The van der Waals surface area contributed by atoms with E-state index in [1.165, 1.54) is 23.1 Å². The van der Waals surface area contributed by atoms with Gasteiger partial charge < -0.3 is 10.2 Å². The van der Waals surface area contributed by atoms with E-state index >= 15 is 0 Å². The number of hydrogen-bond acceptors (Lipinski definition) is 4. The van der Waals surface area contributed by atoms with Crippen LogP contribution in [-0.2, 0) is 4.79 Å². The standard InChI is InChI=1S/C11H11N3O3/c1-7(11(16)17)10-12-6-13-14(10)8-2-4-9(15)5-3-8/h2-7,15H,1H3,(H,16,17). The van der Waals surface area contributed by atoms with Crippen LogP contribution in [0.3, 0.4) is 0 Å². The van der Waals surface area contributed by atoms with Crippen LogP contribution in [0.1, 0.15) is 18.7 Å². The summed E-state index contributed by atoms with van der Waals surface area (Å²) in [5.74, 6) is -1.21. The molecule has 1 aromatic carbocycles. The Kier molecular flexibility index (Phi) is 2.78. The third-order valence-corrected chi connectivity index (χ3v) is 2.43. The summed E-state index contributed by atoms with van der Waals surface area (Å²) in [6.45, 7) is 1.54. The Labute approximate surface area is 97.2 Å². The summed E-state index contributed by atoms with van der Waals surface area (Å²) in [7, 11) is 0. The lowest BCUT2D eigenvalue weighted by molar-refractivity contribution is -0.138. The van der Waals surface area contributed by atoms with Crippen LogP contribution in [0.5, 0.6) is 5.75 Å². The highest BCUT2D eigenvalue weighted by Crippen LogP contribution is 2.18. The molecule has 17 heavy (non-hydrogen) atoms. The highest BCUT2D eigenvalue weighted by Gasteiger charge is 2.20. The van der Waals surface area contributed by atoms with Gasteiger partial charge in [0.1, 0.15) is 23.8 Å². The van der Waals surface area contributed by atoms with Crippen LogP contribution in [-0.4, -0.2) is 30.9 Å². The van der Waals surface area contributed by atoms with Crippen molar-refractivity contribution in [3.63, 3.8) is 0 Å². The number of carboxylic acid groups (broad SMARTS) is 1. The zero-order valence-corrected chi connectivity index (χ0v) is 9.11. The average molecular weight is 233 g/mol. The fraction of sp³-hybridized carbons (Fsp3) is 0.182. The molecule has 2 aromatic rings. The molecule has 0 aliphatic carbocycles. The summed E-state index contributed by atoms with van der Waals surface area (Å²) in [5.41, 5.74) is 0.656. The first-order chi connectivity index (χ1) is 8.09. The molecule has 1 unspecified atom stereocenters. The normalized spacial score (nSPS) is 12.3. The molecule has 0 spiro atoms. The molecule has 0 amide bonds. The molecule has 2 N–H and O–H groups in total. The van der Waals surface area contributed by atoms with Crippen molar-refractivity contribution in [1.82, 2.24) is 14.8 Å². The van der Waals surface area contributed by atoms with Crippen LogP contribution in [0, 0.1) is 0 Å². The molecule has 0 bridgehead atoms. The number of aromatic hydroxyl groups is 1. The molecule has 0 fully saturated rings. The van der Waals surface area contributed by atoms with Gasteiger partial charge in [0.25, 0.3) is 0 Å². The lowest BCUT2D eigenvalue weighted by Crippen LogP contribution is -2.14. The van der Waals surface area contributed by atoms with Crippen LogP contribution in [0.4, 0.5) is 0 Å². The van der Waals surface area contributed by atoms with Crippen molar-refractivity contribution in [3.8, 4) is 11.4 Å². The number of rotatable bonds is 3. The van der Waals surface area contributed by atoms with Crippen LogP contribution >= 0.6 is 0 Å². The van der Waals surface area contributed by atoms with Crippen molar-refractivity contribution in [2.75, 3.05) is 0 Å². The number of aromatic nitrogens is 3. The second-order valence-corrected chi connectivity index (χ2v) is 3.61. The smallest absolute Gasteiger partial charge is 0.313 e. The first-order valence-corrected chi connectivity index (χ1v) is 5.01. The van der Waals surface area contributed by atoms with E-state index in [2.05, 4.69) is 10.1 Å². The summed E-state index contributed by atoms with van der Waals surface area (Å²) in [6, 6.07) is 6.29. The van der Waals surface area contributed by atoms with Crippen molar-refractivity contribution >= 4 is 5.97 Å². The maximum Gasteiger partial charge on any atom is 0.313 e. The summed E-state index contributed by atoms with van der Waals surface area (Å²) in [4.78, 5) is 14.9. The van der Waals surface area contributed by atoms with Crippen LogP contribution in [0.2, 0.25) is 0 Å². The molecule has 2 rings (SSSR count). The van der Waals surface area contributed by atoms with Crippen molar-refractivity contribution in [3.05, 3.63) is 36.4 Å². The number of aliphatic carboxylic acids is 1. The fourth-order valence-corrected chi connectivity index (χ4v) is 1.45. The van der Waals surface area contributed by atoms with E-state index in [9.17, 15) is 9.90 Å². The van der Waals surface area contributed by atoms with E-state index in [1.54, 1.807) is 19.1 Å². The van der Waals surface area contributed by atoms with Gasteiger partial charge in [0, 0.05) is 0 Å². The monoisotopic (exact) mass is 233 g/mol. The largest absolute Gasteiger partial charge is 0.508 e. The Bertz CT molecular complexity index is 533. The molecule has 6 nitrogen and oxygen atoms in total. The number of nitrogens with zero attached hydrogens (tertiary/aromatic N) is 3. The molecule has 1 aromatic heterocycles. The second-order valence-electron chi connectivity index (χ2n) is 3.61. The Balaban J connectivity index is 2.43. The van der Waals surface area contributed by atoms with Crippen molar-refractivity contribution < 1.29 is 15.0 Å². The lowest BCUT2D eigenvalue weighted by Gasteiger charge is -2.08. The lowest BCUT2D eigenvalue weighted by atomic mass is 10.1. The third-order valence-electron chi connectivity index (χ3n) is 2.43. The molecule has 0 aliphatic heterocycles. The van der Waals surface area contributed by atoms with E-state index in [4.69, 9.17) is 5.11 Å². The summed E-state index contributed by atoms with van der Waals surface area (Å²) in [6.07, 6.45) is 1.31. The molecular formula is C11H11N3O3. The van der Waals surface area contributed by atoms with Gasteiger partial charge >= 0.3 is 5.97 Å². The predicted octanol–water partition coefficient (Wildman–Crippen LogP) is 1.16. The average Bonchev–Trinajstić information content (AvgIpc) is 2.77. The highest BCUT2D eigenvalue weighted by atomic mass is 16.4. The molecule has 0 saturated carbocycles. The molecule has 0 radical (unpaired) electrons. The number of hydrogen-bond donors (Lipinski definition) is 2. The third kappa shape index (κ3) is 2.10. The predicted molar refractivity (Wildman–Crippen MR) is 59.1 cm³/mol. The van der Waals surface area contributed by atoms with Gasteiger partial charge in [-0.15, -0.1) is 0 Å². The molecule has 1 atom stereocenters. The minimum Gasteiger partial charge on any atom is -0.508 e. The molecule has 88 valence electrons. The number of phenolic OH excluding ortho intramolecular Hbond substituents is 1. The van der Waals surface area contributed by atoms with Crippen LogP contribution in [0.25, 0.3) is 5.69 Å². The van der Waals surface area contributed by atoms with E-state index in [1.807, 2.05) is 0 Å². The first-order valence-electron chi connectivity index (χ1n) is 5.01. The number of carbonyl (C=O) groups is 1. The fourth-order valence-electron chi connectivity index (χ4n) is 1.45. The van der Waals surface area contributed by atoms with Crippen molar-refractivity contribution in [1.29, 1.82) is 0 Å². The SMILES string of the molecule is CC(C(=O)O)c1ncnn1-c1ccc(O)cc1. The van der Waals surface area contributed by atoms with Crippen molar-refractivity contribution in [2.24, 2.45) is 0 Å². The van der Waals surface area contributed by atoms with Gasteiger partial charge in [-0.3, -0.25) is 4.79 Å². The number of phenols is 1. The quantitative estimate of drug-likeness (QED) is 0.830. The number of carboxylic acids is 1. The highest BCUT2D eigenvalue weighted by molar-refractivity contribution is 5.74. The Morgan fingerprint density at radius 1 is 1.35 bits per heavy atom. The molecule has 6 heteroatoms. The van der Waals surface area contributed by atoms with E-state index in [0.29, 0.717) is 11.5 Å². The summed E-state index contributed by atoms with van der Waals surface area (Å²) >= 11 is 0. The number of benzene rings is 1. The topological polar surface area (TPSA) is 88.2 Å². The van der Waals surface area contributed by atoms with E-state index in [-0.39, 0.29) is 5.75 Å². The van der Waals surface area contributed by atoms with Gasteiger partial charge in [0.15, 0.2) is 0 Å². The molecule has 0 aliphatic rings. The summed E-state index contributed by atoms with van der Waals surface area (Å²) < 4.78 is 1.44. The van der Waals surface area contributed by atoms with E-state index in [0.717, 1.165) is 0 Å². The van der Waals surface area contributed by atoms with Gasteiger partial charge in [-0.2, -0.15) is 5.10 Å². The zero-order valence-electron chi connectivity index (χ0n) is 9.11. The molecular weight excluding hydrogens is 222 g/mol. The van der Waals surface area contributed by atoms with Gasteiger partial charge in [-0.25, -0.2) is 9.67 Å². The van der Waals surface area contributed by atoms with Gasteiger partial charge in [-0.05, 0) is 31.2 Å². The Morgan fingerprint density at radius 2 is 2.00 bits per heavy atom. The zero-order chi connectivity index (χ0) is 12.4. The maximum atomic E-state index is 10.9. The minimum atomic E-state index is -0.960. The minimum absolute atomic E-state index is 0.140. The van der Waals surface area contributed by atoms with Crippen LogP contribution < -0.4 is 0 Å². The maximum absolute atomic E-state index is 10.9. The van der Waals surface area contributed by atoms with Gasteiger partial charge in [0.2, 0.25) is 0 Å². The molecule has 0 saturated heterocycles. The Morgan fingerprint density at radius 3 is 2.59 bits per heavy atom. The van der Waals surface area contributed by atoms with E-state index < -0.39 is 11.9 Å². The van der Waals surface area contributed by atoms with Gasteiger partial charge in [-0.1, -0.05) is 0 Å². The van der Waals surface area contributed by atoms with Crippen molar-refractivity contribution in [2.45, 2.75) is 12.8 Å². The summed E-state index contributed by atoms with van der Waals surface area (Å²) in [5, 5.41) is 22.1. The Hall–Kier alpha value is -2.37. The first kappa shape index (κ1) is 11.1. The van der Waals surface area contributed by atoms with Gasteiger partial charge in [0.05, 0.1) is 5.69 Å².